The molecule has 21 heavy (non-hydrogen) atoms. The predicted molar refractivity (Wildman–Crippen MR) is 77.6 cm³/mol. The maximum absolute atomic E-state index is 12.7. The summed E-state index contributed by atoms with van der Waals surface area (Å²) in [6, 6.07) is 1.96. The number of piperidine rings is 1. The number of thiophene rings is 1. The lowest BCUT2D eigenvalue weighted by molar-refractivity contribution is -0.179. The Kier molecular flexibility index (Phi) is 3.43. The minimum absolute atomic E-state index is 0.0953. The van der Waals surface area contributed by atoms with E-state index in [1.165, 1.54) is 11.3 Å². The zero-order valence-corrected chi connectivity index (χ0v) is 12.3. The second-order valence-electron chi connectivity index (χ2n) is 5.28. The van der Waals surface area contributed by atoms with Crippen LogP contribution in [-0.2, 0) is 0 Å². The number of aromatic nitrogens is 2. The number of fused-ring (bicyclic) bond motifs is 1. The lowest BCUT2D eigenvalue weighted by atomic mass is 9.96. The number of halogens is 3. The van der Waals surface area contributed by atoms with Gasteiger partial charge in [-0.05, 0) is 25.8 Å². The van der Waals surface area contributed by atoms with E-state index in [0.29, 0.717) is 18.9 Å². The Morgan fingerprint density at radius 1 is 1.29 bits per heavy atom. The zero-order valence-electron chi connectivity index (χ0n) is 11.4. The quantitative estimate of drug-likeness (QED) is 0.876. The molecule has 0 saturated carbocycles. The molecular weight excluding hydrogens is 301 g/mol. The molecule has 0 amide bonds. The van der Waals surface area contributed by atoms with Gasteiger partial charge in [-0.15, -0.1) is 11.3 Å². The minimum Gasteiger partial charge on any atom is -0.368 e. The topological polar surface area (TPSA) is 55.0 Å². The second kappa shape index (κ2) is 5.01. The zero-order chi connectivity index (χ0) is 15.2. The summed E-state index contributed by atoms with van der Waals surface area (Å²) >= 11 is 1.51. The molecule has 1 saturated heterocycles. The number of anilines is 2. The molecule has 3 rings (SSSR count). The first kappa shape index (κ1) is 14.4. The molecule has 1 aliphatic heterocycles. The van der Waals surface area contributed by atoms with Crippen LogP contribution in [0.5, 0.6) is 0 Å². The highest BCUT2D eigenvalue weighted by Gasteiger charge is 2.41. The SMILES string of the molecule is Cc1cc2c(N3CCC(C(F)(F)F)CC3)nc(N)nc2s1. The van der Waals surface area contributed by atoms with Gasteiger partial charge in [0.25, 0.3) is 0 Å². The van der Waals surface area contributed by atoms with Crippen LogP contribution in [-0.4, -0.2) is 29.2 Å². The first-order chi connectivity index (χ1) is 9.84. The third kappa shape index (κ3) is 2.76. The summed E-state index contributed by atoms with van der Waals surface area (Å²) in [6.45, 7) is 2.64. The number of alkyl halides is 3. The first-order valence-electron chi connectivity index (χ1n) is 6.70. The lowest BCUT2D eigenvalue weighted by Crippen LogP contribution is -2.39. The van der Waals surface area contributed by atoms with E-state index in [-0.39, 0.29) is 18.8 Å². The van der Waals surface area contributed by atoms with Crippen molar-refractivity contribution >= 4 is 33.3 Å². The average molecular weight is 316 g/mol. The van der Waals surface area contributed by atoms with Crippen molar-refractivity contribution < 1.29 is 13.2 Å². The van der Waals surface area contributed by atoms with E-state index in [0.717, 1.165) is 15.1 Å². The molecular formula is C13H15F3N4S. The molecule has 2 aromatic rings. The maximum Gasteiger partial charge on any atom is 0.391 e. The molecule has 0 radical (unpaired) electrons. The van der Waals surface area contributed by atoms with Gasteiger partial charge in [0.2, 0.25) is 5.95 Å². The van der Waals surface area contributed by atoms with Crippen LogP contribution in [0, 0.1) is 12.8 Å². The predicted octanol–water partition coefficient (Wildman–Crippen LogP) is 3.36. The van der Waals surface area contributed by atoms with Crippen molar-refractivity contribution in [3.63, 3.8) is 0 Å². The summed E-state index contributed by atoms with van der Waals surface area (Å²) in [5.41, 5.74) is 5.71. The lowest BCUT2D eigenvalue weighted by Gasteiger charge is -2.33. The normalized spacial score (nSPS) is 17.6. The molecule has 114 valence electrons. The van der Waals surface area contributed by atoms with E-state index >= 15 is 0 Å². The van der Waals surface area contributed by atoms with Crippen LogP contribution in [0.3, 0.4) is 0 Å². The molecule has 0 bridgehead atoms. The molecule has 1 fully saturated rings. The van der Waals surface area contributed by atoms with Gasteiger partial charge in [0.1, 0.15) is 10.6 Å². The monoisotopic (exact) mass is 316 g/mol. The molecule has 0 aliphatic carbocycles. The Bertz CT molecular complexity index is 659. The van der Waals surface area contributed by atoms with E-state index < -0.39 is 12.1 Å². The van der Waals surface area contributed by atoms with Crippen molar-refractivity contribution in [3.05, 3.63) is 10.9 Å². The molecule has 0 aromatic carbocycles. The molecule has 0 spiro atoms. The van der Waals surface area contributed by atoms with Crippen molar-refractivity contribution in [2.75, 3.05) is 23.7 Å². The van der Waals surface area contributed by atoms with Gasteiger partial charge in [0.15, 0.2) is 0 Å². The molecule has 8 heteroatoms. The fraction of sp³-hybridized carbons (Fsp3) is 0.538. The number of nitrogens with zero attached hydrogens (tertiary/aromatic N) is 3. The Morgan fingerprint density at radius 3 is 2.57 bits per heavy atom. The highest BCUT2D eigenvalue weighted by atomic mass is 32.1. The Hall–Kier alpha value is -1.57. The summed E-state index contributed by atoms with van der Waals surface area (Å²) in [6.07, 6.45) is -3.92. The minimum atomic E-state index is -4.11. The molecule has 1 aliphatic rings. The summed E-state index contributed by atoms with van der Waals surface area (Å²) in [7, 11) is 0. The Balaban J connectivity index is 1.88. The standard InChI is InChI=1S/C13H15F3N4S/c1-7-6-9-10(18-12(17)19-11(9)21-7)20-4-2-8(3-5-20)13(14,15)16/h6,8H,2-5H2,1H3,(H2,17,18,19). The van der Waals surface area contributed by atoms with E-state index in [9.17, 15) is 13.2 Å². The van der Waals surface area contributed by atoms with Gasteiger partial charge in [-0.25, -0.2) is 4.98 Å². The molecule has 0 unspecified atom stereocenters. The van der Waals surface area contributed by atoms with Gasteiger partial charge in [-0.1, -0.05) is 0 Å². The number of aryl methyl sites for hydroxylation is 1. The molecule has 2 aromatic heterocycles. The molecule has 3 heterocycles. The van der Waals surface area contributed by atoms with E-state index in [2.05, 4.69) is 9.97 Å². The Morgan fingerprint density at radius 2 is 1.95 bits per heavy atom. The van der Waals surface area contributed by atoms with Crippen LogP contribution < -0.4 is 10.6 Å². The molecule has 4 nitrogen and oxygen atoms in total. The summed E-state index contributed by atoms with van der Waals surface area (Å²) in [5.74, 6) is -0.396. The van der Waals surface area contributed by atoms with Crippen LogP contribution in [0.1, 0.15) is 17.7 Å². The van der Waals surface area contributed by atoms with Crippen LogP contribution >= 0.6 is 11.3 Å². The van der Waals surface area contributed by atoms with Crippen molar-refractivity contribution in [3.8, 4) is 0 Å². The highest BCUT2D eigenvalue weighted by Crippen LogP contribution is 2.37. The van der Waals surface area contributed by atoms with Gasteiger partial charge in [-0.3, -0.25) is 0 Å². The average Bonchev–Trinajstić information content (AvgIpc) is 2.77. The van der Waals surface area contributed by atoms with Gasteiger partial charge in [0.05, 0.1) is 11.3 Å². The third-order valence-corrected chi connectivity index (χ3v) is 4.71. The van der Waals surface area contributed by atoms with Crippen molar-refractivity contribution in [2.45, 2.75) is 25.9 Å². The number of hydrogen-bond donors (Lipinski definition) is 1. The molecule has 0 atom stereocenters. The van der Waals surface area contributed by atoms with Gasteiger partial charge >= 0.3 is 6.18 Å². The van der Waals surface area contributed by atoms with Crippen LogP contribution in [0.15, 0.2) is 6.07 Å². The van der Waals surface area contributed by atoms with Crippen LogP contribution in [0.2, 0.25) is 0 Å². The number of nitrogens with two attached hydrogens (primary N) is 1. The third-order valence-electron chi connectivity index (χ3n) is 3.77. The summed E-state index contributed by atoms with van der Waals surface area (Å²) < 4.78 is 38.2. The number of hydrogen-bond acceptors (Lipinski definition) is 5. The highest BCUT2D eigenvalue weighted by molar-refractivity contribution is 7.18. The number of nitrogen functional groups attached to an aromatic ring is 1. The smallest absolute Gasteiger partial charge is 0.368 e. The summed E-state index contributed by atoms with van der Waals surface area (Å²) in [5, 5.41) is 0.872. The van der Waals surface area contributed by atoms with E-state index in [1.807, 2.05) is 17.9 Å². The molecule has 2 N–H and O–H groups in total. The maximum atomic E-state index is 12.7. The van der Waals surface area contributed by atoms with E-state index in [1.54, 1.807) is 0 Å². The Labute approximate surface area is 123 Å². The van der Waals surface area contributed by atoms with Crippen LogP contribution in [0.4, 0.5) is 24.9 Å². The van der Waals surface area contributed by atoms with Gasteiger partial charge in [0, 0.05) is 18.0 Å². The fourth-order valence-electron chi connectivity index (χ4n) is 2.70. The fourth-order valence-corrected chi connectivity index (χ4v) is 3.58. The first-order valence-corrected chi connectivity index (χ1v) is 7.51. The van der Waals surface area contributed by atoms with Crippen LogP contribution in [0.25, 0.3) is 10.2 Å². The van der Waals surface area contributed by atoms with E-state index in [4.69, 9.17) is 5.73 Å². The van der Waals surface area contributed by atoms with Crippen molar-refractivity contribution in [1.82, 2.24) is 9.97 Å². The van der Waals surface area contributed by atoms with Gasteiger partial charge < -0.3 is 10.6 Å². The second-order valence-corrected chi connectivity index (χ2v) is 6.52. The van der Waals surface area contributed by atoms with Gasteiger partial charge in [-0.2, -0.15) is 18.2 Å². The number of rotatable bonds is 1. The van der Waals surface area contributed by atoms with Crippen molar-refractivity contribution in [1.29, 1.82) is 0 Å². The largest absolute Gasteiger partial charge is 0.391 e. The van der Waals surface area contributed by atoms with Crippen molar-refractivity contribution in [2.24, 2.45) is 5.92 Å². The summed E-state index contributed by atoms with van der Waals surface area (Å²) in [4.78, 5) is 12.2.